The second-order valence-electron chi connectivity index (χ2n) is 11.1. The van der Waals surface area contributed by atoms with E-state index in [2.05, 4.69) is 5.32 Å². The molecule has 0 aliphatic heterocycles. The van der Waals surface area contributed by atoms with Gasteiger partial charge in [0.1, 0.15) is 24.0 Å². The third-order valence-electron chi connectivity index (χ3n) is 6.38. The molecule has 0 fully saturated rings. The number of halogens is 3. The molecular weight excluding hydrogens is 547 g/mol. The number of methoxy groups -OCH3 is 1. The summed E-state index contributed by atoms with van der Waals surface area (Å²) in [4.78, 5) is 24.0. The fourth-order valence-electron chi connectivity index (χ4n) is 4.23. The molecule has 3 aromatic rings. The minimum absolute atomic E-state index is 0.00121. The number of rotatable bonds is 12. The van der Waals surface area contributed by atoms with E-state index in [0.29, 0.717) is 23.3 Å². The monoisotopic (exact) mass is 585 g/mol. The zero-order valence-corrected chi connectivity index (χ0v) is 24.6. The average molecular weight is 586 g/mol. The van der Waals surface area contributed by atoms with E-state index in [1.165, 1.54) is 7.11 Å². The number of esters is 2. The van der Waals surface area contributed by atoms with Crippen molar-refractivity contribution in [2.45, 2.75) is 77.9 Å². The molecule has 42 heavy (non-hydrogen) atoms. The number of para-hydroxylation sites is 1. The summed E-state index contributed by atoms with van der Waals surface area (Å²) < 4.78 is 55.7. The first kappa shape index (κ1) is 32.7. The third kappa shape index (κ3) is 10.5. The number of benzene rings is 3. The molecule has 6 nitrogen and oxygen atoms in total. The van der Waals surface area contributed by atoms with E-state index in [-0.39, 0.29) is 32.0 Å². The minimum atomic E-state index is -4.37. The SMILES string of the molecule is COC(=O)Cc1ccccc1OCc1cc(CNC(C)C(F)(F)F)cc(-c2cccc(CCC(=O)OC(C)(C)C)c2)c1. The Hall–Kier alpha value is -3.85. The van der Waals surface area contributed by atoms with Crippen molar-refractivity contribution in [3.8, 4) is 16.9 Å². The molecule has 226 valence electrons. The summed E-state index contributed by atoms with van der Waals surface area (Å²) in [7, 11) is 1.32. The second kappa shape index (κ2) is 14.4. The first-order valence-corrected chi connectivity index (χ1v) is 13.7. The maximum Gasteiger partial charge on any atom is 0.403 e. The number of hydrogen-bond acceptors (Lipinski definition) is 6. The van der Waals surface area contributed by atoms with Crippen LogP contribution in [0.2, 0.25) is 0 Å². The number of nitrogens with one attached hydrogen (secondary N) is 1. The summed E-state index contributed by atoms with van der Waals surface area (Å²) in [5, 5.41) is 2.55. The molecule has 0 aromatic heterocycles. The van der Waals surface area contributed by atoms with E-state index in [9.17, 15) is 22.8 Å². The van der Waals surface area contributed by atoms with Gasteiger partial charge in [-0.25, -0.2) is 0 Å². The minimum Gasteiger partial charge on any atom is -0.489 e. The van der Waals surface area contributed by atoms with E-state index in [1.807, 2.05) is 57.2 Å². The Labute approximate surface area is 245 Å². The Bertz CT molecular complexity index is 1360. The highest BCUT2D eigenvalue weighted by atomic mass is 19.4. The van der Waals surface area contributed by atoms with Gasteiger partial charge in [0.15, 0.2) is 0 Å². The lowest BCUT2D eigenvalue weighted by Gasteiger charge is -2.19. The fraction of sp³-hybridized carbons (Fsp3) is 0.394. The first-order chi connectivity index (χ1) is 19.7. The van der Waals surface area contributed by atoms with Gasteiger partial charge in [-0.1, -0.05) is 48.5 Å². The van der Waals surface area contributed by atoms with Gasteiger partial charge in [-0.05, 0) is 80.1 Å². The molecule has 0 amide bonds. The molecule has 0 spiro atoms. The van der Waals surface area contributed by atoms with Crippen LogP contribution in [0.15, 0.2) is 66.7 Å². The van der Waals surface area contributed by atoms with Crippen LogP contribution in [0, 0.1) is 0 Å². The van der Waals surface area contributed by atoms with Gasteiger partial charge in [0, 0.05) is 18.5 Å². The van der Waals surface area contributed by atoms with Crippen molar-refractivity contribution in [1.82, 2.24) is 5.32 Å². The topological polar surface area (TPSA) is 73.9 Å². The van der Waals surface area contributed by atoms with Crippen LogP contribution in [0.3, 0.4) is 0 Å². The Balaban J connectivity index is 1.86. The number of aryl methyl sites for hydroxylation is 1. The molecule has 3 rings (SSSR count). The Morgan fingerprint density at radius 1 is 0.857 bits per heavy atom. The van der Waals surface area contributed by atoms with Crippen LogP contribution in [-0.4, -0.2) is 36.9 Å². The van der Waals surface area contributed by atoms with Crippen LogP contribution < -0.4 is 10.1 Å². The molecule has 0 aliphatic carbocycles. The van der Waals surface area contributed by atoms with Gasteiger partial charge >= 0.3 is 18.1 Å². The van der Waals surface area contributed by atoms with Crippen molar-refractivity contribution in [2.24, 2.45) is 0 Å². The van der Waals surface area contributed by atoms with Crippen LogP contribution in [0.25, 0.3) is 11.1 Å². The number of hydrogen-bond donors (Lipinski definition) is 1. The molecular formula is C33H38F3NO5. The quantitative estimate of drug-likeness (QED) is 0.232. The van der Waals surface area contributed by atoms with Crippen LogP contribution in [0.1, 0.15) is 56.4 Å². The van der Waals surface area contributed by atoms with Crippen molar-refractivity contribution < 1.29 is 37.0 Å². The van der Waals surface area contributed by atoms with E-state index in [1.54, 1.807) is 30.3 Å². The standard InChI is InChI=1S/C33H38F3NO5/c1-22(33(34,35)36)37-20-24-15-25(21-41-29-12-7-6-10-27(29)19-31(39)40-5)18-28(17-24)26-11-8-9-23(16-26)13-14-30(38)42-32(2,3)4/h6-12,15-18,22,37H,13-14,19-21H2,1-5H3. The second-order valence-corrected chi connectivity index (χ2v) is 11.1. The van der Waals surface area contributed by atoms with Gasteiger partial charge in [-0.2, -0.15) is 13.2 Å². The highest BCUT2D eigenvalue weighted by molar-refractivity contribution is 5.73. The largest absolute Gasteiger partial charge is 0.489 e. The summed E-state index contributed by atoms with van der Waals surface area (Å²) in [6.07, 6.45) is -3.60. The lowest BCUT2D eigenvalue weighted by Crippen LogP contribution is -2.39. The predicted octanol–water partition coefficient (Wildman–Crippen LogP) is 6.96. The zero-order valence-electron chi connectivity index (χ0n) is 24.6. The average Bonchev–Trinajstić information content (AvgIpc) is 2.93. The van der Waals surface area contributed by atoms with Gasteiger partial charge in [0.2, 0.25) is 0 Å². The number of carbonyl (C=O) groups is 2. The number of ether oxygens (including phenoxy) is 3. The summed E-state index contributed by atoms with van der Waals surface area (Å²) in [5.41, 5.74) is 4.10. The number of alkyl halides is 3. The molecule has 0 saturated heterocycles. The van der Waals surface area contributed by atoms with Gasteiger partial charge in [0.25, 0.3) is 0 Å². The maximum absolute atomic E-state index is 13.2. The molecule has 1 unspecified atom stereocenters. The zero-order chi connectivity index (χ0) is 30.9. The molecule has 3 aromatic carbocycles. The van der Waals surface area contributed by atoms with Crippen LogP contribution in [0.5, 0.6) is 5.75 Å². The first-order valence-electron chi connectivity index (χ1n) is 13.7. The Morgan fingerprint density at radius 2 is 1.55 bits per heavy atom. The van der Waals surface area contributed by atoms with Gasteiger partial charge in [-0.15, -0.1) is 0 Å². The van der Waals surface area contributed by atoms with Crippen molar-refractivity contribution in [2.75, 3.05) is 7.11 Å². The molecule has 1 atom stereocenters. The molecule has 0 bridgehead atoms. The van der Waals surface area contributed by atoms with E-state index < -0.39 is 23.8 Å². The lowest BCUT2D eigenvalue weighted by atomic mass is 9.97. The molecule has 1 N–H and O–H groups in total. The van der Waals surface area contributed by atoms with Crippen molar-refractivity contribution in [1.29, 1.82) is 0 Å². The highest BCUT2D eigenvalue weighted by Crippen LogP contribution is 2.27. The lowest BCUT2D eigenvalue weighted by molar-refractivity contribution is -0.155. The van der Waals surface area contributed by atoms with Crippen molar-refractivity contribution in [3.63, 3.8) is 0 Å². The van der Waals surface area contributed by atoms with Gasteiger partial charge < -0.3 is 19.5 Å². The molecule has 0 radical (unpaired) electrons. The van der Waals surface area contributed by atoms with Crippen LogP contribution >= 0.6 is 0 Å². The predicted molar refractivity (Wildman–Crippen MR) is 155 cm³/mol. The van der Waals surface area contributed by atoms with Crippen molar-refractivity contribution >= 4 is 11.9 Å². The van der Waals surface area contributed by atoms with Gasteiger partial charge in [0.05, 0.1) is 13.5 Å². The molecule has 0 heterocycles. The molecule has 0 aliphatic rings. The normalized spacial score (nSPS) is 12.5. The smallest absolute Gasteiger partial charge is 0.403 e. The highest BCUT2D eigenvalue weighted by Gasteiger charge is 2.35. The van der Waals surface area contributed by atoms with Crippen molar-refractivity contribution in [3.05, 3.63) is 89.0 Å². The summed E-state index contributed by atoms with van der Waals surface area (Å²) in [6, 6.07) is 18.7. The number of carbonyl (C=O) groups excluding carboxylic acids is 2. The molecule has 9 heteroatoms. The van der Waals surface area contributed by atoms with E-state index in [0.717, 1.165) is 29.2 Å². The summed E-state index contributed by atoms with van der Waals surface area (Å²) in [6.45, 7) is 6.68. The Kier molecular flexibility index (Phi) is 11.2. The Morgan fingerprint density at radius 3 is 2.24 bits per heavy atom. The van der Waals surface area contributed by atoms with E-state index >= 15 is 0 Å². The summed E-state index contributed by atoms with van der Waals surface area (Å²) in [5.74, 6) is -0.166. The van der Waals surface area contributed by atoms with Crippen LogP contribution in [0.4, 0.5) is 13.2 Å². The summed E-state index contributed by atoms with van der Waals surface area (Å²) >= 11 is 0. The molecule has 0 saturated carbocycles. The van der Waals surface area contributed by atoms with Gasteiger partial charge in [-0.3, -0.25) is 9.59 Å². The third-order valence-corrected chi connectivity index (χ3v) is 6.38. The van der Waals surface area contributed by atoms with Crippen LogP contribution in [-0.2, 0) is 45.1 Å². The fourth-order valence-corrected chi connectivity index (χ4v) is 4.23. The van der Waals surface area contributed by atoms with E-state index in [4.69, 9.17) is 14.2 Å². The maximum atomic E-state index is 13.2.